The molecular formula is C16H15F3N4O. The molecule has 0 unspecified atom stereocenters. The SMILES string of the molecule is COc1ccc(CNc2nc(C(F)(F)F)nc3[nH]c(C)cc23)cc1. The van der Waals surface area contributed by atoms with Gasteiger partial charge >= 0.3 is 6.18 Å². The lowest BCUT2D eigenvalue weighted by Crippen LogP contribution is -2.13. The van der Waals surface area contributed by atoms with Gasteiger partial charge in [0.05, 0.1) is 12.5 Å². The zero-order valence-corrected chi connectivity index (χ0v) is 13.0. The van der Waals surface area contributed by atoms with Gasteiger partial charge in [-0.2, -0.15) is 13.2 Å². The van der Waals surface area contributed by atoms with Crippen molar-refractivity contribution in [2.45, 2.75) is 19.6 Å². The molecule has 126 valence electrons. The van der Waals surface area contributed by atoms with Crippen molar-refractivity contribution in [3.8, 4) is 5.75 Å². The second-order valence-corrected chi connectivity index (χ2v) is 5.31. The topological polar surface area (TPSA) is 62.8 Å². The number of hydrogen-bond acceptors (Lipinski definition) is 4. The van der Waals surface area contributed by atoms with Gasteiger partial charge in [-0.05, 0) is 30.7 Å². The Labute approximate surface area is 135 Å². The van der Waals surface area contributed by atoms with Crippen molar-refractivity contribution in [3.63, 3.8) is 0 Å². The van der Waals surface area contributed by atoms with E-state index in [2.05, 4.69) is 20.3 Å². The van der Waals surface area contributed by atoms with Gasteiger partial charge in [0.25, 0.3) is 0 Å². The normalized spacial score (nSPS) is 11.7. The summed E-state index contributed by atoms with van der Waals surface area (Å²) in [7, 11) is 1.57. The summed E-state index contributed by atoms with van der Waals surface area (Å²) < 4.78 is 44.0. The van der Waals surface area contributed by atoms with Gasteiger partial charge in [0, 0.05) is 12.2 Å². The Kier molecular flexibility index (Phi) is 4.04. The van der Waals surface area contributed by atoms with Crippen LogP contribution in [-0.4, -0.2) is 22.1 Å². The molecule has 0 saturated heterocycles. The van der Waals surface area contributed by atoms with Gasteiger partial charge in [-0.15, -0.1) is 0 Å². The van der Waals surface area contributed by atoms with Crippen molar-refractivity contribution in [3.05, 3.63) is 47.4 Å². The van der Waals surface area contributed by atoms with Crippen LogP contribution in [0.4, 0.5) is 19.0 Å². The van der Waals surface area contributed by atoms with E-state index >= 15 is 0 Å². The summed E-state index contributed by atoms with van der Waals surface area (Å²) in [6.07, 6.45) is -4.61. The van der Waals surface area contributed by atoms with Crippen LogP contribution < -0.4 is 10.1 Å². The molecule has 2 heterocycles. The highest BCUT2D eigenvalue weighted by molar-refractivity contribution is 5.87. The maximum Gasteiger partial charge on any atom is 0.451 e. The molecule has 2 N–H and O–H groups in total. The van der Waals surface area contributed by atoms with E-state index in [1.165, 1.54) is 0 Å². The van der Waals surface area contributed by atoms with Crippen molar-refractivity contribution in [1.29, 1.82) is 0 Å². The number of hydrogen-bond donors (Lipinski definition) is 2. The predicted molar refractivity (Wildman–Crippen MR) is 83.9 cm³/mol. The van der Waals surface area contributed by atoms with E-state index in [0.717, 1.165) is 5.56 Å². The van der Waals surface area contributed by atoms with Crippen LogP contribution in [-0.2, 0) is 12.7 Å². The van der Waals surface area contributed by atoms with Crippen molar-refractivity contribution < 1.29 is 17.9 Å². The number of aromatic amines is 1. The lowest BCUT2D eigenvalue weighted by Gasteiger charge is -2.11. The number of methoxy groups -OCH3 is 1. The average Bonchev–Trinajstić information content (AvgIpc) is 2.92. The minimum atomic E-state index is -4.61. The van der Waals surface area contributed by atoms with E-state index in [-0.39, 0.29) is 11.5 Å². The Morgan fingerprint density at radius 3 is 2.50 bits per heavy atom. The molecule has 0 spiro atoms. The third-order valence-electron chi connectivity index (χ3n) is 3.49. The fourth-order valence-electron chi connectivity index (χ4n) is 2.33. The number of aromatic nitrogens is 3. The molecule has 3 aromatic rings. The molecule has 0 aliphatic carbocycles. The first-order chi connectivity index (χ1) is 11.4. The Bertz CT molecular complexity index is 856. The number of H-pyrrole nitrogens is 1. The van der Waals surface area contributed by atoms with E-state index < -0.39 is 12.0 Å². The maximum atomic E-state index is 13.0. The average molecular weight is 336 g/mol. The Morgan fingerprint density at radius 1 is 1.17 bits per heavy atom. The fraction of sp³-hybridized carbons (Fsp3) is 0.250. The van der Waals surface area contributed by atoms with Crippen LogP contribution >= 0.6 is 0 Å². The minimum absolute atomic E-state index is 0.146. The Hall–Kier alpha value is -2.77. The van der Waals surface area contributed by atoms with Crippen LogP contribution in [0.5, 0.6) is 5.75 Å². The van der Waals surface area contributed by atoms with Gasteiger partial charge < -0.3 is 15.0 Å². The second-order valence-electron chi connectivity index (χ2n) is 5.31. The summed E-state index contributed by atoms with van der Waals surface area (Å²) >= 11 is 0. The first kappa shape index (κ1) is 16.1. The van der Waals surface area contributed by atoms with E-state index in [4.69, 9.17) is 4.74 Å². The number of benzene rings is 1. The van der Waals surface area contributed by atoms with Crippen molar-refractivity contribution >= 4 is 16.9 Å². The highest BCUT2D eigenvalue weighted by Gasteiger charge is 2.35. The van der Waals surface area contributed by atoms with Crippen molar-refractivity contribution in [1.82, 2.24) is 15.0 Å². The highest BCUT2D eigenvalue weighted by atomic mass is 19.4. The minimum Gasteiger partial charge on any atom is -0.497 e. The lowest BCUT2D eigenvalue weighted by atomic mass is 10.2. The standard InChI is InChI=1S/C16H15F3N4O/c1-9-7-12-13(20-8-10-3-5-11(24-2)6-4-10)22-15(16(17,18)19)23-14(12)21-9/h3-7H,8H2,1-2H3,(H2,20,21,22,23). The van der Waals surface area contributed by atoms with E-state index in [0.29, 0.717) is 23.4 Å². The molecule has 0 aliphatic rings. The molecule has 0 radical (unpaired) electrons. The van der Waals surface area contributed by atoms with Gasteiger partial charge in [0.1, 0.15) is 17.2 Å². The summed E-state index contributed by atoms with van der Waals surface area (Å²) in [4.78, 5) is 10.0. The molecule has 0 atom stereocenters. The number of nitrogens with zero attached hydrogens (tertiary/aromatic N) is 2. The maximum absolute atomic E-state index is 13.0. The molecule has 1 aromatic carbocycles. The monoisotopic (exact) mass is 336 g/mol. The number of alkyl halides is 3. The van der Waals surface area contributed by atoms with Gasteiger partial charge in [-0.3, -0.25) is 0 Å². The molecule has 2 aromatic heterocycles. The smallest absolute Gasteiger partial charge is 0.451 e. The molecule has 5 nitrogen and oxygen atoms in total. The molecule has 0 bridgehead atoms. The summed E-state index contributed by atoms with van der Waals surface area (Å²) in [5.41, 5.74) is 1.77. The molecule has 24 heavy (non-hydrogen) atoms. The molecule has 0 amide bonds. The van der Waals surface area contributed by atoms with Crippen molar-refractivity contribution in [2.24, 2.45) is 0 Å². The number of rotatable bonds is 4. The first-order valence-electron chi connectivity index (χ1n) is 7.18. The quantitative estimate of drug-likeness (QED) is 0.758. The van der Waals surface area contributed by atoms with E-state index in [1.807, 2.05) is 12.1 Å². The third kappa shape index (κ3) is 3.27. The van der Waals surface area contributed by atoms with Crippen LogP contribution in [0.15, 0.2) is 30.3 Å². The Balaban J connectivity index is 1.91. The number of halogens is 3. The van der Waals surface area contributed by atoms with E-state index in [1.54, 1.807) is 32.2 Å². The van der Waals surface area contributed by atoms with E-state index in [9.17, 15) is 13.2 Å². The summed E-state index contributed by atoms with van der Waals surface area (Å²) in [6, 6.07) is 8.95. The van der Waals surface area contributed by atoms with Gasteiger partial charge in [-0.1, -0.05) is 12.1 Å². The summed E-state index contributed by atoms with van der Waals surface area (Å²) in [5, 5.41) is 3.48. The molecule has 0 aliphatic heterocycles. The van der Waals surface area contributed by atoms with Crippen LogP contribution in [0.1, 0.15) is 17.1 Å². The van der Waals surface area contributed by atoms with Crippen LogP contribution in [0, 0.1) is 6.92 Å². The summed E-state index contributed by atoms with van der Waals surface area (Å²) in [5.74, 6) is -0.314. The number of ether oxygens (including phenoxy) is 1. The van der Waals surface area contributed by atoms with Crippen molar-refractivity contribution in [2.75, 3.05) is 12.4 Å². The molecule has 0 saturated carbocycles. The predicted octanol–water partition coefficient (Wildman–Crippen LogP) is 3.91. The number of aryl methyl sites for hydroxylation is 1. The number of anilines is 1. The molecule has 0 fully saturated rings. The third-order valence-corrected chi connectivity index (χ3v) is 3.49. The number of fused-ring (bicyclic) bond motifs is 1. The number of nitrogens with one attached hydrogen (secondary N) is 2. The molecular weight excluding hydrogens is 321 g/mol. The molecule has 3 rings (SSSR count). The van der Waals surface area contributed by atoms with Crippen LogP contribution in [0.3, 0.4) is 0 Å². The van der Waals surface area contributed by atoms with Gasteiger partial charge in [0.2, 0.25) is 5.82 Å². The second kappa shape index (κ2) is 6.03. The fourth-order valence-corrected chi connectivity index (χ4v) is 2.33. The first-order valence-corrected chi connectivity index (χ1v) is 7.18. The summed E-state index contributed by atoms with van der Waals surface area (Å²) in [6.45, 7) is 2.08. The van der Waals surface area contributed by atoms with Gasteiger partial charge in [-0.25, -0.2) is 9.97 Å². The van der Waals surface area contributed by atoms with Gasteiger partial charge in [0.15, 0.2) is 0 Å². The van der Waals surface area contributed by atoms with Crippen LogP contribution in [0.2, 0.25) is 0 Å². The zero-order chi connectivity index (χ0) is 17.3. The lowest BCUT2D eigenvalue weighted by molar-refractivity contribution is -0.144. The Morgan fingerprint density at radius 2 is 1.88 bits per heavy atom. The molecule has 8 heteroatoms. The van der Waals surface area contributed by atoms with Crippen LogP contribution in [0.25, 0.3) is 11.0 Å². The largest absolute Gasteiger partial charge is 0.497 e. The highest BCUT2D eigenvalue weighted by Crippen LogP contribution is 2.30. The zero-order valence-electron chi connectivity index (χ0n) is 13.0.